The molecule has 6 heteroatoms. The Kier molecular flexibility index (Phi) is 6.67. The first-order chi connectivity index (χ1) is 13.0. The van der Waals surface area contributed by atoms with Gasteiger partial charge in [-0.3, -0.25) is 4.79 Å². The predicted molar refractivity (Wildman–Crippen MR) is 114 cm³/mol. The second kappa shape index (κ2) is 8.45. The van der Waals surface area contributed by atoms with Gasteiger partial charge in [-0.05, 0) is 87.1 Å². The minimum Gasteiger partial charge on any atom is -0.326 e. The van der Waals surface area contributed by atoms with Crippen LogP contribution in [0.2, 0.25) is 0 Å². The van der Waals surface area contributed by atoms with Crippen LogP contribution in [0.5, 0.6) is 0 Å². The van der Waals surface area contributed by atoms with Crippen LogP contribution in [0, 0.1) is 34.6 Å². The number of hydrogen-bond donors (Lipinski definition) is 2. The molecule has 0 heterocycles. The lowest BCUT2D eigenvalue weighted by atomic mass is 9.95. The van der Waals surface area contributed by atoms with Gasteiger partial charge in [-0.1, -0.05) is 19.1 Å². The minimum atomic E-state index is -3.68. The highest BCUT2D eigenvalue weighted by molar-refractivity contribution is 7.89. The van der Waals surface area contributed by atoms with Crippen LogP contribution in [0.1, 0.15) is 59.7 Å². The summed E-state index contributed by atoms with van der Waals surface area (Å²) in [4.78, 5) is 11.9. The van der Waals surface area contributed by atoms with Crippen LogP contribution in [0.25, 0.3) is 0 Å². The van der Waals surface area contributed by atoms with Gasteiger partial charge in [0.2, 0.25) is 15.9 Å². The van der Waals surface area contributed by atoms with Crippen LogP contribution in [0.15, 0.2) is 29.2 Å². The van der Waals surface area contributed by atoms with Gasteiger partial charge in [0.25, 0.3) is 0 Å². The summed E-state index contributed by atoms with van der Waals surface area (Å²) in [7, 11) is -3.68. The number of hydrogen-bond acceptors (Lipinski definition) is 3. The van der Waals surface area contributed by atoms with Gasteiger partial charge >= 0.3 is 0 Å². The minimum absolute atomic E-state index is 0.0578. The van der Waals surface area contributed by atoms with Crippen LogP contribution in [0.4, 0.5) is 5.69 Å². The number of carbonyl (C=O) groups is 1. The average molecular weight is 403 g/mol. The molecule has 1 amide bonds. The maximum absolute atomic E-state index is 13.2. The van der Waals surface area contributed by atoms with Crippen molar-refractivity contribution < 1.29 is 13.2 Å². The molecule has 2 aromatic carbocycles. The van der Waals surface area contributed by atoms with Crippen LogP contribution in [-0.2, 0) is 14.8 Å². The Hall–Kier alpha value is -2.18. The molecule has 0 saturated carbocycles. The fraction of sp³-hybridized carbons (Fsp3) is 0.409. The molecule has 0 aromatic heterocycles. The van der Waals surface area contributed by atoms with E-state index < -0.39 is 16.1 Å². The highest BCUT2D eigenvalue weighted by Crippen LogP contribution is 2.30. The maximum Gasteiger partial charge on any atom is 0.241 e. The normalized spacial score (nSPS) is 12.7. The highest BCUT2D eigenvalue weighted by Gasteiger charge is 2.25. The highest BCUT2D eigenvalue weighted by atomic mass is 32.2. The zero-order valence-electron chi connectivity index (χ0n) is 17.7. The molecule has 0 bridgehead atoms. The van der Waals surface area contributed by atoms with Gasteiger partial charge in [-0.25, -0.2) is 13.1 Å². The van der Waals surface area contributed by atoms with Crippen molar-refractivity contribution in [2.75, 3.05) is 5.32 Å². The van der Waals surface area contributed by atoms with E-state index in [-0.39, 0.29) is 5.91 Å². The summed E-state index contributed by atoms with van der Waals surface area (Å²) in [6.07, 6.45) is 0.409. The first-order valence-electron chi connectivity index (χ1n) is 9.48. The summed E-state index contributed by atoms with van der Waals surface area (Å²) in [5.41, 5.74) is 6.25. The third kappa shape index (κ3) is 4.45. The second-order valence-corrected chi connectivity index (χ2v) is 8.97. The molecular formula is C22H30N2O3S. The van der Waals surface area contributed by atoms with Crippen molar-refractivity contribution in [3.63, 3.8) is 0 Å². The fourth-order valence-corrected chi connectivity index (χ4v) is 5.16. The Morgan fingerprint density at radius 1 is 0.893 bits per heavy atom. The monoisotopic (exact) mass is 402 g/mol. The summed E-state index contributed by atoms with van der Waals surface area (Å²) in [5, 5.41) is 2.79. The van der Waals surface area contributed by atoms with Crippen molar-refractivity contribution in [2.45, 2.75) is 65.8 Å². The van der Waals surface area contributed by atoms with Crippen LogP contribution in [0.3, 0.4) is 0 Å². The summed E-state index contributed by atoms with van der Waals surface area (Å²) < 4.78 is 29.1. The van der Waals surface area contributed by atoms with Crippen molar-refractivity contribution >= 4 is 21.6 Å². The van der Waals surface area contributed by atoms with E-state index in [0.29, 0.717) is 17.0 Å². The van der Waals surface area contributed by atoms with E-state index in [1.165, 1.54) is 0 Å². The van der Waals surface area contributed by atoms with E-state index in [2.05, 4.69) is 10.0 Å². The van der Waals surface area contributed by atoms with Crippen molar-refractivity contribution in [2.24, 2.45) is 0 Å². The Morgan fingerprint density at radius 3 is 1.82 bits per heavy atom. The lowest BCUT2D eigenvalue weighted by molar-refractivity contribution is -0.115. The first-order valence-corrected chi connectivity index (χ1v) is 11.0. The smallest absolute Gasteiger partial charge is 0.241 e. The summed E-state index contributed by atoms with van der Waals surface area (Å²) in [6, 6.07) is 6.81. The number of amides is 1. The van der Waals surface area contributed by atoms with Gasteiger partial charge in [0.15, 0.2) is 0 Å². The van der Waals surface area contributed by atoms with E-state index in [1.807, 2.05) is 53.7 Å². The van der Waals surface area contributed by atoms with Gasteiger partial charge in [0.1, 0.15) is 0 Å². The van der Waals surface area contributed by atoms with Gasteiger partial charge < -0.3 is 5.32 Å². The largest absolute Gasteiger partial charge is 0.326 e. The van der Waals surface area contributed by atoms with E-state index in [1.54, 1.807) is 19.1 Å². The topological polar surface area (TPSA) is 75.3 Å². The van der Waals surface area contributed by atoms with Crippen molar-refractivity contribution in [1.29, 1.82) is 0 Å². The third-order valence-electron chi connectivity index (χ3n) is 5.55. The van der Waals surface area contributed by atoms with E-state index in [0.717, 1.165) is 33.4 Å². The lowest BCUT2D eigenvalue weighted by Gasteiger charge is -2.21. The van der Waals surface area contributed by atoms with E-state index in [9.17, 15) is 13.2 Å². The molecule has 152 valence electrons. The maximum atomic E-state index is 13.2. The van der Waals surface area contributed by atoms with E-state index in [4.69, 9.17) is 0 Å². The van der Waals surface area contributed by atoms with Crippen molar-refractivity contribution in [1.82, 2.24) is 4.72 Å². The third-order valence-corrected chi connectivity index (χ3v) is 7.36. The molecule has 28 heavy (non-hydrogen) atoms. The summed E-state index contributed by atoms with van der Waals surface area (Å²) in [6.45, 7) is 13.3. The first kappa shape index (κ1) is 22.1. The van der Waals surface area contributed by atoms with Gasteiger partial charge in [-0.15, -0.1) is 0 Å². The predicted octanol–water partition coefficient (Wildman–Crippen LogP) is 4.62. The zero-order chi connectivity index (χ0) is 21.2. The zero-order valence-corrected chi connectivity index (χ0v) is 18.5. The molecule has 2 rings (SSSR count). The van der Waals surface area contributed by atoms with Crippen LogP contribution in [-0.4, -0.2) is 14.3 Å². The van der Waals surface area contributed by atoms with Gasteiger partial charge in [0.05, 0.1) is 4.90 Å². The Balaban J connectivity index is 2.31. The Labute approximate surface area is 168 Å². The molecule has 1 unspecified atom stereocenters. The number of carbonyl (C=O) groups excluding carboxylic acids is 1. The number of anilines is 1. The molecule has 1 atom stereocenters. The molecule has 2 N–H and O–H groups in total. The summed E-state index contributed by atoms with van der Waals surface area (Å²) in [5.74, 6) is -0.0578. The van der Waals surface area contributed by atoms with Crippen molar-refractivity contribution in [3.8, 4) is 0 Å². The molecule has 0 aliphatic heterocycles. The lowest BCUT2D eigenvalue weighted by Crippen LogP contribution is -2.28. The number of sulfonamides is 1. The molecule has 0 aliphatic rings. The van der Waals surface area contributed by atoms with Gasteiger partial charge in [0, 0.05) is 18.2 Å². The van der Waals surface area contributed by atoms with E-state index >= 15 is 0 Å². The molecule has 0 aliphatic carbocycles. The number of rotatable bonds is 6. The van der Waals surface area contributed by atoms with Crippen LogP contribution >= 0.6 is 0 Å². The Morgan fingerprint density at radius 2 is 1.36 bits per heavy atom. The molecule has 0 fully saturated rings. The number of nitrogens with one attached hydrogen (secondary N) is 2. The fourth-order valence-electron chi connectivity index (χ4n) is 3.33. The molecule has 5 nitrogen and oxygen atoms in total. The SMILES string of the molecule is CCC(=O)Nc1ccc(C(C)NS(=O)(=O)c2c(C)c(C)c(C)c(C)c2C)cc1. The van der Waals surface area contributed by atoms with Gasteiger partial charge in [-0.2, -0.15) is 0 Å². The summed E-state index contributed by atoms with van der Waals surface area (Å²) >= 11 is 0. The molecule has 0 saturated heterocycles. The number of benzene rings is 2. The van der Waals surface area contributed by atoms with Crippen molar-refractivity contribution in [3.05, 3.63) is 57.6 Å². The molecular weight excluding hydrogens is 372 g/mol. The Bertz CT molecular complexity index is 964. The quantitative estimate of drug-likeness (QED) is 0.740. The standard InChI is InChI=1S/C22H30N2O3S/c1-8-21(25)23-20-11-9-19(10-12-20)18(7)24-28(26,27)22-16(5)14(3)13(2)15(4)17(22)6/h9-12,18,24H,8H2,1-7H3,(H,23,25). The molecule has 0 radical (unpaired) electrons. The molecule has 0 spiro atoms. The molecule has 2 aromatic rings. The second-order valence-electron chi connectivity index (χ2n) is 7.32. The average Bonchev–Trinajstić information content (AvgIpc) is 2.64. The van der Waals surface area contributed by atoms with Crippen LogP contribution < -0.4 is 10.0 Å².